The molecule has 11 heavy (non-hydrogen) atoms. The lowest BCUT2D eigenvalue weighted by Crippen LogP contribution is -2.17. The van der Waals surface area contributed by atoms with E-state index in [1.807, 2.05) is 19.2 Å². The highest BCUT2D eigenvalue weighted by molar-refractivity contribution is 4.98. The van der Waals surface area contributed by atoms with Gasteiger partial charge in [-0.25, -0.2) is 0 Å². The Morgan fingerprint density at radius 1 is 1.64 bits per heavy atom. The maximum Gasteiger partial charge on any atom is 0.104 e. The van der Waals surface area contributed by atoms with Gasteiger partial charge in [0.1, 0.15) is 5.76 Å². The van der Waals surface area contributed by atoms with Gasteiger partial charge in [0, 0.05) is 6.42 Å². The SMILES string of the molecule is CNCC(C)Cc1ccco1. The Morgan fingerprint density at radius 2 is 2.45 bits per heavy atom. The summed E-state index contributed by atoms with van der Waals surface area (Å²) in [4.78, 5) is 0. The molecule has 1 N–H and O–H groups in total. The van der Waals surface area contributed by atoms with Crippen molar-refractivity contribution in [2.24, 2.45) is 5.92 Å². The van der Waals surface area contributed by atoms with Crippen molar-refractivity contribution in [3.63, 3.8) is 0 Å². The number of hydrogen-bond donors (Lipinski definition) is 1. The van der Waals surface area contributed by atoms with Gasteiger partial charge in [0.15, 0.2) is 0 Å². The van der Waals surface area contributed by atoms with Gasteiger partial charge in [0.05, 0.1) is 6.26 Å². The minimum Gasteiger partial charge on any atom is -0.469 e. The van der Waals surface area contributed by atoms with E-state index in [0.29, 0.717) is 5.92 Å². The van der Waals surface area contributed by atoms with Gasteiger partial charge in [0.2, 0.25) is 0 Å². The smallest absolute Gasteiger partial charge is 0.104 e. The predicted molar refractivity (Wildman–Crippen MR) is 45.5 cm³/mol. The second-order valence-corrected chi connectivity index (χ2v) is 2.95. The van der Waals surface area contributed by atoms with Crippen molar-refractivity contribution in [2.45, 2.75) is 13.3 Å². The van der Waals surface area contributed by atoms with Crippen molar-refractivity contribution >= 4 is 0 Å². The second-order valence-electron chi connectivity index (χ2n) is 2.95. The Bertz CT molecular complexity index is 181. The molecular formula is C9H15NO. The summed E-state index contributed by atoms with van der Waals surface area (Å²) in [6.45, 7) is 3.25. The first-order valence-corrected chi connectivity index (χ1v) is 4.00. The first-order chi connectivity index (χ1) is 5.33. The third-order valence-corrected chi connectivity index (χ3v) is 1.68. The van der Waals surface area contributed by atoms with Gasteiger partial charge in [-0.3, -0.25) is 0 Å². The van der Waals surface area contributed by atoms with Gasteiger partial charge in [-0.2, -0.15) is 0 Å². The molecule has 0 radical (unpaired) electrons. The van der Waals surface area contributed by atoms with Crippen molar-refractivity contribution in [3.05, 3.63) is 24.2 Å². The Labute approximate surface area is 67.6 Å². The Morgan fingerprint density at radius 3 is 3.00 bits per heavy atom. The number of hydrogen-bond acceptors (Lipinski definition) is 2. The molecule has 0 spiro atoms. The zero-order chi connectivity index (χ0) is 8.10. The van der Waals surface area contributed by atoms with E-state index in [1.54, 1.807) is 6.26 Å². The van der Waals surface area contributed by atoms with Crippen molar-refractivity contribution in [1.29, 1.82) is 0 Å². The Hall–Kier alpha value is -0.760. The van der Waals surface area contributed by atoms with Crippen molar-refractivity contribution in [2.75, 3.05) is 13.6 Å². The summed E-state index contributed by atoms with van der Waals surface area (Å²) in [7, 11) is 1.97. The monoisotopic (exact) mass is 153 g/mol. The third kappa shape index (κ3) is 2.76. The van der Waals surface area contributed by atoms with Gasteiger partial charge >= 0.3 is 0 Å². The first kappa shape index (κ1) is 8.34. The standard InChI is InChI=1S/C9H15NO/c1-8(7-10-2)6-9-4-3-5-11-9/h3-5,8,10H,6-7H2,1-2H3. The van der Waals surface area contributed by atoms with E-state index in [-0.39, 0.29) is 0 Å². The third-order valence-electron chi connectivity index (χ3n) is 1.68. The van der Waals surface area contributed by atoms with Gasteiger partial charge in [-0.15, -0.1) is 0 Å². The van der Waals surface area contributed by atoms with Crippen LogP contribution in [0.15, 0.2) is 22.8 Å². The first-order valence-electron chi connectivity index (χ1n) is 4.00. The van der Waals surface area contributed by atoms with E-state index in [0.717, 1.165) is 18.7 Å². The van der Waals surface area contributed by atoms with Crippen molar-refractivity contribution < 1.29 is 4.42 Å². The van der Waals surface area contributed by atoms with Crippen LogP contribution in [-0.2, 0) is 6.42 Å². The molecule has 2 heteroatoms. The maximum atomic E-state index is 5.22. The minimum atomic E-state index is 0.645. The van der Waals surface area contributed by atoms with Gasteiger partial charge in [0.25, 0.3) is 0 Å². The summed E-state index contributed by atoms with van der Waals surface area (Å²) in [6.07, 6.45) is 2.75. The molecule has 1 aromatic heterocycles. The van der Waals surface area contributed by atoms with Crippen LogP contribution in [0.3, 0.4) is 0 Å². The molecule has 0 aliphatic rings. The molecule has 0 aliphatic heterocycles. The van der Waals surface area contributed by atoms with Crippen LogP contribution in [0.4, 0.5) is 0 Å². The molecular weight excluding hydrogens is 138 g/mol. The van der Waals surface area contributed by atoms with Gasteiger partial charge < -0.3 is 9.73 Å². The highest BCUT2D eigenvalue weighted by atomic mass is 16.3. The summed E-state index contributed by atoms with van der Waals surface area (Å²) >= 11 is 0. The summed E-state index contributed by atoms with van der Waals surface area (Å²) < 4.78 is 5.22. The van der Waals surface area contributed by atoms with Gasteiger partial charge in [-0.05, 0) is 31.6 Å². The van der Waals surface area contributed by atoms with E-state index in [9.17, 15) is 0 Å². The van der Waals surface area contributed by atoms with Crippen LogP contribution < -0.4 is 5.32 Å². The van der Waals surface area contributed by atoms with E-state index in [2.05, 4.69) is 12.2 Å². The number of nitrogens with one attached hydrogen (secondary N) is 1. The van der Waals surface area contributed by atoms with Crippen LogP contribution in [0.25, 0.3) is 0 Å². The molecule has 0 saturated carbocycles. The van der Waals surface area contributed by atoms with Crippen LogP contribution in [0.1, 0.15) is 12.7 Å². The fraction of sp³-hybridized carbons (Fsp3) is 0.556. The zero-order valence-electron chi connectivity index (χ0n) is 7.13. The predicted octanol–water partition coefficient (Wildman–Crippen LogP) is 1.68. The van der Waals surface area contributed by atoms with Crippen LogP contribution in [-0.4, -0.2) is 13.6 Å². The highest BCUT2D eigenvalue weighted by Crippen LogP contribution is 2.07. The number of furan rings is 1. The lowest BCUT2D eigenvalue weighted by atomic mass is 10.1. The Kier molecular flexibility index (Phi) is 3.17. The molecule has 0 saturated heterocycles. The molecule has 62 valence electrons. The fourth-order valence-corrected chi connectivity index (χ4v) is 1.19. The van der Waals surface area contributed by atoms with E-state index < -0.39 is 0 Å². The second kappa shape index (κ2) is 4.19. The van der Waals surface area contributed by atoms with Crippen molar-refractivity contribution in [1.82, 2.24) is 5.32 Å². The average molecular weight is 153 g/mol. The molecule has 0 fully saturated rings. The zero-order valence-corrected chi connectivity index (χ0v) is 7.13. The molecule has 0 bridgehead atoms. The topological polar surface area (TPSA) is 25.2 Å². The lowest BCUT2D eigenvalue weighted by Gasteiger charge is -2.07. The molecule has 0 amide bonds. The molecule has 1 rings (SSSR count). The summed E-state index contributed by atoms with van der Waals surface area (Å²) in [5.41, 5.74) is 0. The summed E-state index contributed by atoms with van der Waals surface area (Å²) in [5, 5.41) is 3.14. The summed E-state index contributed by atoms with van der Waals surface area (Å²) in [5.74, 6) is 1.72. The largest absolute Gasteiger partial charge is 0.469 e. The van der Waals surface area contributed by atoms with E-state index in [4.69, 9.17) is 4.42 Å². The molecule has 0 aliphatic carbocycles. The molecule has 1 aromatic rings. The number of rotatable bonds is 4. The average Bonchev–Trinajstić information content (AvgIpc) is 2.40. The van der Waals surface area contributed by atoms with Crippen molar-refractivity contribution in [3.8, 4) is 0 Å². The van der Waals surface area contributed by atoms with Crippen LogP contribution in [0, 0.1) is 5.92 Å². The molecule has 0 aromatic carbocycles. The van der Waals surface area contributed by atoms with Crippen LogP contribution in [0.5, 0.6) is 0 Å². The Balaban J connectivity index is 2.31. The summed E-state index contributed by atoms with van der Waals surface area (Å²) in [6, 6.07) is 3.95. The minimum absolute atomic E-state index is 0.645. The quantitative estimate of drug-likeness (QED) is 0.712. The normalized spacial score (nSPS) is 13.3. The van der Waals surface area contributed by atoms with E-state index in [1.165, 1.54) is 0 Å². The molecule has 1 atom stereocenters. The maximum absolute atomic E-state index is 5.22. The lowest BCUT2D eigenvalue weighted by molar-refractivity contribution is 0.447. The molecule has 1 heterocycles. The van der Waals surface area contributed by atoms with Crippen LogP contribution in [0.2, 0.25) is 0 Å². The van der Waals surface area contributed by atoms with E-state index >= 15 is 0 Å². The highest BCUT2D eigenvalue weighted by Gasteiger charge is 2.03. The fourth-order valence-electron chi connectivity index (χ4n) is 1.19. The molecule has 2 nitrogen and oxygen atoms in total. The van der Waals surface area contributed by atoms with Gasteiger partial charge in [-0.1, -0.05) is 6.92 Å². The molecule has 1 unspecified atom stereocenters. The van der Waals surface area contributed by atoms with Crippen LogP contribution >= 0.6 is 0 Å².